The zero-order valence-electron chi connectivity index (χ0n) is 41.7. The van der Waals surface area contributed by atoms with E-state index in [1.54, 1.807) is 20.8 Å². The molecule has 0 saturated carbocycles. The van der Waals surface area contributed by atoms with E-state index < -0.39 is 23.7 Å². The Morgan fingerprint density at radius 1 is 0.552 bits per heavy atom. The topological polar surface area (TPSA) is 239 Å². The highest BCUT2D eigenvalue weighted by atomic mass is 16.6. The zero-order chi connectivity index (χ0) is 49.2. The maximum Gasteiger partial charge on any atom is 0.329 e. The van der Waals surface area contributed by atoms with Gasteiger partial charge in [0.2, 0.25) is 17.7 Å². The molecule has 388 valence electrons. The Balaban J connectivity index is 1.96. The van der Waals surface area contributed by atoms with Crippen molar-refractivity contribution in [2.24, 2.45) is 17.4 Å². The number of carbonyl (C=O) groups is 4. The van der Waals surface area contributed by atoms with E-state index in [0.29, 0.717) is 157 Å². The number of benzene rings is 1. The summed E-state index contributed by atoms with van der Waals surface area (Å²) in [5.74, 6) is -0.322. The number of carbonyl (C=O) groups excluding carboxylic acids is 4. The fourth-order valence-electron chi connectivity index (χ4n) is 6.27. The number of amides is 3. The minimum atomic E-state index is -0.790. The van der Waals surface area contributed by atoms with Crippen LogP contribution < -0.4 is 27.4 Å². The van der Waals surface area contributed by atoms with Crippen LogP contribution in [0.5, 0.6) is 0 Å². The van der Waals surface area contributed by atoms with Gasteiger partial charge in [0.1, 0.15) is 11.6 Å². The Kier molecular flexibility index (Phi) is 38.4. The molecule has 0 aliphatic rings. The van der Waals surface area contributed by atoms with Gasteiger partial charge in [0.25, 0.3) is 0 Å². The van der Waals surface area contributed by atoms with Crippen LogP contribution in [0.15, 0.2) is 24.3 Å². The molecule has 0 spiro atoms. The van der Waals surface area contributed by atoms with E-state index in [1.807, 2.05) is 0 Å². The van der Waals surface area contributed by atoms with Gasteiger partial charge < -0.3 is 70.0 Å². The van der Waals surface area contributed by atoms with E-state index in [4.69, 9.17) is 54.1 Å². The SMILES string of the molecule is CC(C)Cc1ccc(CCCC(=O)NCCCCC(NC(=O)CCOCCOCCOCCOCCOCCOCCOCCOCCNC(=O)C(N)CCCCN)C(=O)OC(C)(C)C)cc1. The lowest BCUT2D eigenvalue weighted by Crippen LogP contribution is -2.44. The summed E-state index contributed by atoms with van der Waals surface area (Å²) >= 11 is 0. The van der Waals surface area contributed by atoms with Crippen molar-refractivity contribution < 1.29 is 61.8 Å². The Morgan fingerprint density at radius 2 is 1.03 bits per heavy atom. The first-order valence-corrected chi connectivity index (χ1v) is 24.5. The van der Waals surface area contributed by atoms with Gasteiger partial charge >= 0.3 is 5.97 Å². The number of hydrogen-bond acceptors (Lipinski definition) is 15. The van der Waals surface area contributed by atoms with Crippen LogP contribution in [0.2, 0.25) is 0 Å². The largest absolute Gasteiger partial charge is 0.458 e. The first kappa shape index (κ1) is 61.7. The van der Waals surface area contributed by atoms with Gasteiger partial charge in [-0.3, -0.25) is 14.4 Å². The molecule has 3 amide bonds. The minimum Gasteiger partial charge on any atom is -0.458 e. The lowest BCUT2D eigenvalue weighted by atomic mass is 10.00. The van der Waals surface area contributed by atoms with Crippen LogP contribution in [0.3, 0.4) is 0 Å². The van der Waals surface area contributed by atoms with E-state index in [-0.39, 0.29) is 30.7 Å². The number of aryl methyl sites for hydroxylation is 1. The van der Waals surface area contributed by atoms with Crippen molar-refractivity contribution >= 4 is 23.7 Å². The second-order valence-corrected chi connectivity index (χ2v) is 17.6. The summed E-state index contributed by atoms with van der Waals surface area (Å²) in [7, 11) is 0. The van der Waals surface area contributed by atoms with Crippen molar-refractivity contribution in [3.05, 3.63) is 35.4 Å². The molecular formula is C49H89N5O13. The maximum atomic E-state index is 12.9. The smallest absolute Gasteiger partial charge is 0.329 e. The highest BCUT2D eigenvalue weighted by Crippen LogP contribution is 2.13. The van der Waals surface area contributed by atoms with Crippen molar-refractivity contribution in [2.45, 2.75) is 123 Å². The molecule has 18 heteroatoms. The summed E-state index contributed by atoms with van der Waals surface area (Å²) in [5, 5.41) is 8.54. The van der Waals surface area contributed by atoms with Gasteiger partial charge in [-0.1, -0.05) is 44.5 Å². The molecule has 0 heterocycles. The first-order chi connectivity index (χ1) is 32.3. The number of nitrogens with two attached hydrogens (primary N) is 2. The molecule has 2 atom stereocenters. The molecule has 0 aliphatic carbocycles. The summed E-state index contributed by atoms with van der Waals surface area (Å²) in [6, 6.07) is 7.35. The van der Waals surface area contributed by atoms with Gasteiger partial charge in [0.15, 0.2) is 0 Å². The lowest BCUT2D eigenvalue weighted by molar-refractivity contribution is -0.159. The molecule has 0 aromatic heterocycles. The third kappa shape index (κ3) is 39.3. The molecule has 67 heavy (non-hydrogen) atoms. The summed E-state index contributed by atoms with van der Waals surface area (Å²) in [5.41, 5.74) is 13.2. The zero-order valence-corrected chi connectivity index (χ0v) is 41.7. The van der Waals surface area contributed by atoms with E-state index >= 15 is 0 Å². The van der Waals surface area contributed by atoms with Crippen molar-refractivity contribution in [3.63, 3.8) is 0 Å². The highest BCUT2D eigenvalue weighted by Gasteiger charge is 2.26. The van der Waals surface area contributed by atoms with Crippen LogP contribution in [-0.2, 0) is 74.7 Å². The van der Waals surface area contributed by atoms with Crippen LogP contribution in [0.25, 0.3) is 0 Å². The fraction of sp³-hybridized carbons (Fsp3) is 0.796. The number of nitrogens with one attached hydrogen (secondary N) is 3. The summed E-state index contributed by atoms with van der Waals surface area (Å²) < 4.78 is 49.6. The molecule has 7 N–H and O–H groups in total. The molecule has 18 nitrogen and oxygen atoms in total. The quantitative estimate of drug-likeness (QED) is 0.0465. The van der Waals surface area contributed by atoms with E-state index in [2.05, 4.69) is 54.1 Å². The second kappa shape index (κ2) is 41.7. The van der Waals surface area contributed by atoms with Crippen molar-refractivity contribution in [1.29, 1.82) is 0 Å². The molecule has 1 aromatic rings. The van der Waals surface area contributed by atoms with Crippen LogP contribution >= 0.6 is 0 Å². The average molecular weight is 956 g/mol. The molecule has 0 fully saturated rings. The Bertz CT molecular complexity index is 1380. The standard InChI is InChI=1S/C49H89N5O13/c1-40(2)39-42-17-15-41(16-18-42)11-10-14-45(55)52-21-9-7-13-44(48(58)67-49(3,4)5)54-46(56)19-23-59-25-27-61-29-31-63-33-35-65-37-38-66-36-34-64-32-30-62-28-26-60-24-22-53-47(57)43(51)12-6-8-20-50/h15-18,40,43-44H,6-14,19-39,50-51H2,1-5H3,(H,52,55)(H,53,57)(H,54,56). The second-order valence-electron chi connectivity index (χ2n) is 17.6. The monoisotopic (exact) mass is 956 g/mol. The van der Waals surface area contributed by atoms with Gasteiger partial charge in [-0.25, -0.2) is 4.79 Å². The van der Waals surface area contributed by atoms with Gasteiger partial charge in [0.05, 0.1) is 112 Å². The Morgan fingerprint density at radius 3 is 1.52 bits per heavy atom. The summed E-state index contributed by atoms with van der Waals surface area (Å²) in [4.78, 5) is 49.9. The van der Waals surface area contributed by atoms with Crippen LogP contribution in [0, 0.1) is 5.92 Å². The number of unbranched alkanes of at least 4 members (excludes halogenated alkanes) is 2. The molecule has 0 aliphatic heterocycles. The number of rotatable bonds is 45. The lowest BCUT2D eigenvalue weighted by Gasteiger charge is -2.24. The van der Waals surface area contributed by atoms with Crippen LogP contribution in [0.4, 0.5) is 0 Å². The van der Waals surface area contributed by atoms with E-state index in [0.717, 1.165) is 32.1 Å². The number of ether oxygens (including phenoxy) is 9. The third-order valence-corrected chi connectivity index (χ3v) is 9.73. The minimum absolute atomic E-state index is 0.0140. The van der Waals surface area contributed by atoms with Crippen molar-refractivity contribution in [3.8, 4) is 0 Å². The number of hydrogen-bond donors (Lipinski definition) is 5. The van der Waals surface area contributed by atoms with Gasteiger partial charge in [-0.05, 0) is 95.7 Å². The predicted octanol–water partition coefficient (Wildman–Crippen LogP) is 3.42. The third-order valence-electron chi connectivity index (χ3n) is 9.73. The molecule has 0 radical (unpaired) electrons. The normalized spacial score (nSPS) is 12.5. The van der Waals surface area contributed by atoms with Crippen LogP contribution in [-0.4, -0.2) is 167 Å². The van der Waals surface area contributed by atoms with Crippen molar-refractivity contribution in [2.75, 3.05) is 125 Å². The first-order valence-electron chi connectivity index (χ1n) is 24.5. The van der Waals surface area contributed by atoms with E-state index in [1.165, 1.54) is 11.1 Å². The van der Waals surface area contributed by atoms with Crippen molar-refractivity contribution in [1.82, 2.24) is 16.0 Å². The summed E-state index contributed by atoms with van der Waals surface area (Å²) in [6.07, 6.45) is 7.27. The molecular weight excluding hydrogens is 867 g/mol. The molecule has 1 aromatic carbocycles. The average Bonchev–Trinajstić information content (AvgIpc) is 3.28. The van der Waals surface area contributed by atoms with Gasteiger partial charge in [-0.15, -0.1) is 0 Å². The molecule has 0 saturated heterocycles. The van der Waals surface area contributed by atoms with Gasteiger partial charge in [0, 0.05) is 25.9 Å². The van der Waals surface area contributed by atoms with E-state index in [9.17, 15) is 19.2 Å². The van der Waals surface area contributed by atoms with Crippen LogP contribution in [0.1, 0.15) is 104 Å². The Hall–Kier alpha value is -3.30. The predicted molar refractivity (Wildman–Crippen MR) is 258 cm³/mol. The maximum absolute atomic E-state index is 12.9. The highest BCUT2D eigenvalue weighted by molar-refractivity contribution is 5.84. The summed E-state index contributed by atoms with van der Waals surface area (Å²) in [6.45, 7) is 17.8. The fourth-order valence-corrected chi connectivity index (χ4v) is 6.27. The molecule has 2 unspecified atom stereocenters. The molecule has 1 rings (SSSR count). The van der Waals surface area contributed by atoms with Gasteiger partial charge in [-0.2, -0.15) is 0 Å². The number of esters is 1. The Labute approximate surface area is 401 Å². The molecule has 0 bridgehead atoms.